The van der Waals surface area contributed by atoms with E-state index in [0.717, 1.165) is 5.69 Å². The van der Waals surface area contributed by atoms with Crippen LogP contribution in [0, 0.1) is 6.92 Å². The second-order valence-corrected chi connectivity index (χ2v) is 3.72. The van der Waals surface area contributed by atoms with Gasteiger partial charge in [0, 0.05) is 11.6 Å². The Bertz CT molecular complexity index is 449. The highest BCUT2D eigenvalue weighted by atomic mass is 32.1. The molecule has 0 spiro atoms. The van der Waals surface area contributed by atoms with Crippen molar-refractivity contribution >= 4 is 28.2 Å². The van der Waals surface area contributed by atoms with Gasteiger partial charge in [-0.3, -0.25) is 10.4 Å². The number of amides is 2. The van der Waals surface area contributed by atoms with Crippen molar-refractivity contribution in [1.82, 2.24) is 15.2 Å². The summed E-state index contributed by atoms with van der Waals surface area (Å²) in [6.07, 6.45) is 3.18. The van der Waals surface area contributed by atoms with Gasteiger partial charge in [-0.15, -0.1) is 11.3 Å². The molecule has 0 radical (unpaired) electrons. The maximum atomic E-state index is 11.4. The van der Waals surface area contributed by atoms with Gasteiger partial charge in [-0.1, -0.05) is 0 Å². The molecule has 0 aliphatic carbocycles. The molecule has 0 bridgehead atoms. The topological polar surface area (TPSA) is 82.7 Å². The standard InChI is InChI=1S/C8H9N5OS/c1-5-6(4-10-13-5)11-7(14)12-8-9-2-3-15-8/h2-4H,1H3,(H,10,13)(H2,9,11,12,14). The number of aryl methyl sites for hydroxylation is 1. The molecule has 0 unspecified atom stereocenters. The normalized spacial score (nSPS) is 9.93. The molecule has 6 nitrogen and oxygen atoms in total. The maximum Gasteiger partial charge on any atom is 0.325 e. The Hall–Kier alpha value is -1.89. The quantitative estimate of drug-likeness (QED) is 0.726. The van der Waals surface area contributed by atoms with Gasteiger partial charge in [0.1, 0.15) is 0 Å². The van der Waals surface area contributed by atoms with Crippen LogP contribution in [0.1, 0.15) is 5.69 Å². The lowest BCUT2D eigenvalue weighted by Gasteiger charge is -2.03. The van der Waals surface area contributed by atoms with E-state index in [-0.39, 0.29) is 6.03 Å². The Morgan fingerprint density at radius 2 is 2.40 bits per heavy atom. The summed E-state index contributed by atoms with van der Waals surface area (Å²) in [5.41, 5.74) is 1.47. The third-order valence-corrected chi connectivity index (χ3v) is 2.42. The summed E-state index contributed by atoms with van der Waals surface area (Å²) in [5.74, 6) is 0. The summed E-state index contributed by atoms with van der Waals surface area (Å²) < 4.78 is 0. The molecule has 0 aliphatic heterocycles. The fraction of sp³-hybridized carbons (Fsp3) is 0.125. The second kappa shape index (κ2) is 4.09. The first-order chi connectivity index (χ1) is 7.25. The van der Waals surface area contributed by atoms with Crippen LogP contribution in [0.15, 0.2) is 17.8 Å². The van der Waals surface area contributed by atoms with Gasteiger partial charge in [0.15, 0.2) is 5.13 Å². The van der Waals surface area contributed by atoms with Crippen LogP contribution < -0.4 is 10.6 Å². The Kier molecular flexibility index (Phi) is 2.64. The smallest absolute Gasteiger partial charge is 0.305 e. The molecule has 0 saturated carbocycles. The molecule has 2 heterocycles. The van der Waals surface area contributed by atoms with Crippen molar-refractivity contribution in [3.8, 4) is 0 Å². The van der Waals surface area contributed by atoms with Gasteiger partial charge in [0.25, 0.3) is 0 Å². The number of anilines is 2. The first kappa shape index (κ1) is 9.66. The van der Waals surface area contributed by atoms with Gasteiger partial charge in [0.05, 0.1) is 17.6 Å². The highest BCUT2D eigenvalue weighted by Gasteiger charge is 2.06. The van der Waals surface area contributed by atoms with Gasteiger partial charge in [-0.05, 0) is 6.92 Å². The van der Waals surface area contributed by atoms with Crippen LogP contribution >= 0.6 is 11.3 Å². The van der Waals surface area contributed by atoms with Crippen LogP contribution in [0.2, 0.25) is 0 Å². The number of nitrogens with zero attached hydrogens (tertiary/aromatic N) is 2. The minimum absolute atomic E-state index is 0.325. The number of hydrogen-bond acceptors (Lipinski definition) is 4. The van der Waals surface area contributed by atoms with Crippen molar-refractivity contribution in [2.24, 2.45) is 0 Å². The zero-order valence-electron chi connectivity index (χ0n) is 7.94. The first-order valence-corrected chi connectivity index (χ1v) is 5.11. The second-order valence-electron chi connectivity index (χ2n) is 2.83. The fourth-order valence-electron chi connectivity index (χ4n) is 1.01. The molecule has 2 aromatic heterocycles. The molecule has 0 atom stereocenters. The Morgan fingerprint density at radius 3 is 3.00 bits per heavy atom. The predicted molar refractivity (Wildman–Crippen MR) is 58.1 cm³/mol. The summed E-state index contributed by atoms with van der Waals surface area (Å²) >= 11 is 1.36. The van der Waals surface area contributed by atoms with Crippen LogP contribution in [0.4, 0.5) is 15.6 Å². The minimum atomic E-state index is -0.325. The summed E-state index contributed by atoms with van der Waals surface area (Å²) in [6.45, 7) is 1.83. The van der Waals surface area contributed by atoms with E-state index in [1.165, 1.54) is 11.3 Å². The molecule has 78 valence electrons. The zero-order chi connectivity index (χ0) is 10.7. The molecule has 0 fully saturated rings. The number of urea groups is 1. The van der Waals surface area contributed by atoms with Gasteiger partial charge in [-0.25, -0.2) is 9.78 Å². The van der Waals surface area contributed by atoms with E-state index < -0.39 is 0 Å². The molecular weight excluding hydrogens is 214 g/mol. The van der Waals surface area contributed by atoms with Crippen LogP contribution in [0.3, 0.4) is 0 Å². The largest absolute Gasteiger partial charge is 0.325 e. The summed E-state index contributed by atoms with van der Waals surface area (Å²) in [6, 6.07) is -0.325. The minimum Gasteiger partial charge on any atom is -0.305 e. The van der Waals surface area contributed by atoms with Crippen molar-refractivity contribution < 1.29 is 4.79 Å². The Balaban J connectivity index is 1.96. The molecule has 2 amide bonds. The van der Waals surface area contributed by atoms with Crippen molar-refractivity contribution in [2.75, 3.05) is 10.6 Å². The number of carbonyl (C=O) groups is 1. The van der Waals surface area contributed by atoms with Crippen molar-refractivity contribution in [3.05, 3.63) is 23.5 Å². The average Bonchev–Trinajstić information content (AvgIpc) is 2.79. The molecule has 15 heavy (non-hydrogen) atoms. The lowest BCUT2D eigenvalue weighted by molar-refractivity contribution is 0.262. The SMILES string of the molecule is Cc1[nH]ncc1NC(=O)Nc1nccs1. The maximum absolute atomic E-state index is 11.4. The van der Waals surface area contributed by atoms with Crippen LogP contribution in [-0.2, 0) is 0 Å². The third-order valence-electron chi connectivity index (χ3n) is 1.73. The van der Waals surface area contributed by atoms with Gasteiger partial charge in [-0.2, -0.15) is 5.10 Å². The van der Waals surface area contributed by atoms with Crippen molar-refractivity contribution in [2.45, 2.75) is 6.92 Å². The van der Waals surface area contributed by atoms with Gasteiger partial charge >= 0.3 is 6.03 Å². The predicted octanol–water partition coefficient (Wildman–Crippen LogP) is 1.82. The summed E-state index contributed by atoms with van der Waals surface area (Å²) in [5, 5.41) is 14.1. The van der Waals surface area contributed by atoms with E-state index in [2.05, 4.69) is 25.8 Å². The van der Waals surface area contributed by atoms with Crippen molar-refractivity contribution in [3.63, 3.8) is 0 Å². The monoisotopic (exact) mass is 223 g/mol. The Morgan fingerprint density at radius 1 is 1.53 bits per heavy atom. The number of nitrogens with one attached hydrogen (secondary N) is 3. The Labute approximate surface area is 89.7 Å². The van der Waals surface area contributed by atoms with Crippen LogP contribution in [0.5, 0.6) is 0 Å². The molecule has 2 rings (SSSR count). The fourth-order valence-corrected chi connectivity index (χ4v) is 1.54. The molecule has 0 saturated heterocycles. The van der Waals surface area contributed by atoms with E-state index in [4.69, 9.17) is 0 Å². The zero-order valence-corrected chi connectivity index (χ0v) is 8.76. The average molecular weight is 223 g/mol. The number of carbonyl (C=O) groups excluding carboxylic acids is 1. The highest BCUT2D eigenvalue weighted by molar-refractivity contribution is 7.13. The summed E-state index contributed by atoms with van der Waals surface area (Å²) in [7, 11) is 0. The lowest BCUT2D eigenvalue weighted by atomic mass is 10.4. The van der Waals surface area contributed by atoms with E-state index in [0.29, 0.717) is 10.8 Å². The highest BCUT2D eigenvalue weighted by Crippen LogP contribution is 2.12. The van der Waals surface area contributed by atoms with E-state index in [9.17, 15) is 4.79 Å². The molecule has 0 aliphatic rings. The molecular formula is C8H9N5OS. The van der Waals surface area contributed by atoms with Crippen LogP contribution in [-0.4, -0.2) is 21.2 Å². The number of hydrogen-bond donors (Lipinski definition) is 3. The first-order valence-electron chi connectivity index (χ1n) is 4.23. The summed E-state index contributed by atoms with van der Waals surface area (Å²) in [4.78, 5) is 15.4. The molecule has 0 aromatic carbocycles. The number of H-pyrrole nitrogens is 1. The van der Waals surface area contributed by atoms with Gasteiger partial charge in [0.2, 0.25) is 0 Å². The molecule has 2 aromatic rings. The van der Waals surface area contributed by atoms with E-state index in [1.54, 1.807) is 17.8 Å². The van der Waals surface area contributed by atoms with Crippen molar-refractivity contribution in [1.29, 1.82) is 0 Å². The lowest BCUT2D eigenvalue weighted by Crippen LogP contribution is -2.19. The van der Waals surface area contributed by atoms with Gasteiger partial charge < -0.3 is 5.32 Å². The number of thiazole rings is 1. The molecule has 3 N–H and O–H groups in total. The number of rotatable bonds is 2. The van der Waals surface area contributed by atoms with E-state index in [1.807, 2.05) is 6.92 Å². The molecule has 7 heteroatoms. The number of aromatic nitrogens is 3. The third kappa shape index (κ3) is 2.32. The number of aromatic amines is 1. The van der Waals surface area contributed by atoms with E-state index >= 15 is 0 Å². The van der Waals surface area contributed by atoms with Crippen LogP contribution in [0.25, 0.3) is 0 Å².